The maximum Gasteiger partial charge on any atom is 0.250 e. The predicted molar refractivity (Wildman–Crippen MR) is 82.8 cm³/mol. The number of hydrogen-bond acceptors (Lipinski definition) is 2. The molecular formula is C16H30N2O. The van der Waals surface area contributed by atoms with Crippen LogP contribution in [-0.2, 0) is 4.79 Å². The van der Waals surface area contributed by atoms with Crippen LogP contribution in [0.4, 0.5) is 0 Å². The Hall–Kier alpha value is -1.09. The molecule has 0 bridgehead atoms. The van der Waals surface area contributed by atoms with Crippen molar-refractivity contribution in [2.75, 3.05) is 27.2 Å². The van der Waals surface area contributed by atoms with E-state index in [0.29, 0.717) is 11.8 Å². The summed E-state index contributed by atoms with van der Waals surface area (Å²) in [6.07, 6.45) is 4.68. The molecule has 0 N–H and O–H groups in total. The second-order valence-electron chi connectivity index (χ2n) is 5.71. The van der Waals surface area contributed by atoms with Crippen molar-refractivity contribution in [3.8, 4) is 0 Å². The highest BCUT2D eigenvalue weighted by molar-refractivity contribution is 5.88. The van der Waals surface area contributed by atoms with Gasteiger partial charge in [-0.3, -0.25) is 4.79 Å². The average Bonchev–Trinajstić information content (AvgIpc) is 2.33. The first kappa shape index (κ1) is 17.9. The number of likely N-dealkylation sites (N-methyl/N-ethyl adjacent to an activating group) is 1. The van der Waals surface area contributed by atoms with Crippen LogP contribution in [0.1, 0.15) is 34.1 Å². The Morgan fingerprint density at radius 2 is 1.84 bits per heavy atom. The monoisotopic (exact) mass is 266 g/mol. The fourth-order valence-corrected chi connectivity index (χ4v) is 1.76. The van der Waals surface area contributed by atoms with Gasteiger partial charge in [0.2, 0.25) is 5.91 Å². The highest BCUT2D eigenvalue weighted by atomic mass is 16.2. The van der Waals surface area contributed by atoms with Gasteiger partial charge in [0.15, 0.2) is 0 Å². The van der Waals surface area contributed by atoms with Crippen molar-refractivity contribution in [1.82, 2.24) is 9.80 Å². The number of rotatable bonds is 8. The molecule has 110 valence electrons. The van der Waals surface area contributed by atoms with Gasteiger partial charge in [0.05, 0.1) is 0 Å². The molecule has 0 rings (SSSR count). The molecule has 3 nitrogen and oxygen atoms in total. The highest BCUT2D eigenvalue weighted by Gasteiger charge is 2.18. The molecule has 2 unspecified atom stereocenters. The first-order valence-electron chi connectivity index (χ1n) is 7.07. The summed E-state index contributed by atoms with van der Waals surface area (Å²) in [7, 11) is 3.96. The van der Waals surface area contributed by atoms with E-state index in [1.807, 2.05) is 32.0 Å². The molecule has 0 radical (unpaired) electrons. The lowest BCUT2D eigenvalue weighted by molar-refractivity contribution is -0.124. The quantitative estimate of drug-likeness (QED) is 0.630. The Morgan fingerprint density at radius 1 is 1.26 bits per heavy atom. The van der Waals surface area contributed by atoms with Crippen LogP contribution in [0, 0.1) is 11.8 Å². The number of allylic oxidation sites excluding steroid dienone is 1. The number of hydrogen-bond donors (Lipinski definition) is 0. The van der Waals surface area contributed by atoms with E-state index in [0.717, 1.165) is 25.2 Å². The standard InChI is InChI=1S/C16H30N2O/c1-8-14(4)15(5)12-18(13(2)3)16(19)10-9-11-17(6)7/h9-10,14-15H,2,8,11-12H2,1,3-7H3/b10-9-. The van der Waals surface area contributed by atoms with Crippen molar-refractivity contribution in [2.24, 2.45) is 11.8 Å². The molecule has 0 aromatic carbocycles. The van der Waals surface area contributed by atoms with E-state index in [9.17, 15) is 4.79 Å². The van der Waals surface area contributed by atoms with Crippen LogP contribution in [0.5, 0.6) is 0 Å². The van der Waals surface area contributed by atoms with E-state index in [1.165, 1.54) is 0 Å². The van der Waals surface area contributed by atoms with Gasteiger partial charge in [-0.15, -0.1) is 0 Å². The summed E-state index contributed by atoms with van der Waals surface area (Å²) >= 11 is 0. The van der Waals surface area contributed by atoms with Gasteiger partial charge in [0.25, 0.3) is 0 Å². The molecule has 0 aromatic rings. The van der Waals surface area contributed by atoms with Gasteiger partial charge < -0.3 is 9.80 Å². The summed E-state index contributed by atoms with van der Waals surface area (Å²) in [6.45, 7) is 13.9. The van der Waals surface area contributed by atoms with E-state index in [4.69, 9.17) is 0 Å². The SMILES string of the molecule is C=C(C)N(CC(C)C(C)CC)C(=O)/C=C\CN(C)C. The molecule has 0 saturated carbocycles. The number of nitrogens with zero attached hydrogens (tertiary/aromatic N) is 2. The fourth-order valence-electron chi connectivity index (χ4n) is 1.76. The van der Waals surface area contributed by atoms with Crippen LogP contribution >= 0.6 is 0 Å². The zero-order valence-corrected chi connectivity index (χ0v) is 13.4. The summed E-state index contributed by atoms with van der Waals surface area (Å²) in [5.74, 6) is 1.12. The van der Waals surface area contributed by atoms with E-state index < -0.39 is 0 Å². The largest absolute Gasteiger partial charge is 0.313 e. The lowest BCUT2D eigenvalue weighted by Crippen LogP contribution is -2.33. The van der Waals surface area contributed by atoms with Gasteiger partial charge in [-0.05, 0) is 32.9 Å². The summed E-state index contributed by atoms with van der Waals surface area (Å²) in [6, 6.07) is 0. The zero-order valence-electron chi connectivity index (χ0n) is 13.4. The minimum atomic E-state index is 0.0319. The van der Waals surface area contributed by atoms with Gasteiger partial charge in [-0.1, -0.05) is 39.8 Å². The van der Waals surface area contributed by atoms with Crippen molar-refractivity contribution < 1.29 is 4.79 Å². The van der Waals surface area contributed by atoms with E-state index in [-0.39, 0.29) is 5.91 Å². The summed E-state index contributed by atoms with van der Waals surface area (Å²) in [5, 5.41) is 0. The Labute approximate surface area is 119 Å². The van der Waals surface area contributed by atoms with Crippen molar-refractivity contribution in [1.29, 1.82) is 0 Å². The topological polar surface area (TPSA) is 23.6 Å². The third-order valence-corrected chi connectivity index (χ3v) is 3.54. The first-order valence-corrected chi connectivity index (χ1v) is 7.07. The molecule has 19 heavy (non-hydrogen) atoms. The molecule has 0 spiro atoms. The molecule has 0 fully saturated rings. The minimum absolute atomic E-state index is 0.0319. The Morgan fingerprint density at radius 3 is 2.26 bits per heavy atom. The molecule has 0 saturated heterocycles. The van der Waals surface area contributed by atoms with Crippen LogP contribution in [-0.4, -0.2) is 42.9 Å². The van der Waals surface area contributed by atoms with Crippen molar-refractivity contribution in [3.05, 3.63) is 24.4 Å². The molecule has 1 amide bonds. The van der Waals surface area contributed by atoms with Crippen molar-refractivity contribution >= 4 is 5.91 Å². The molecule has 0 aliphatic carbocycles. The molecular weight excluding hydrogens is 236 g/mol. The minimum Gasteiger partial charge on any atom is -0.313 e. The molecule has 0 aliphatic heterocycles. The molecule has 0 aliphatic rings. The van der Waals surface area contributed by atoms with Gasteiger partial charge >= 0.3 is 0 Å². The zero-order chi connectivity index (χ0) is 15.0. The molecule has 0 heterocycles. The Balaban J connectivity index is 4.60. The third-order valence-electron chi connectivity index (χ3n) is 3.54. The van der Waals surface area contributed by atoms with Crippen LogP contribution in [0.3, 0.4) is 0 Å². The second-order valence-corrected chi connectivity index (χ2v) is 5.71. The Bertz CT molecular complexity index is 321. The third kappa shape index (κ3) is 7.16. The fraction of sp³-hybridized carbons (Fsp3) is 0.688. The van der Waals surface area contributed by atoms with Crippen LogP contribution in [0.2, 0.25) is 0 Å². The van der Waals surface area contributed by atoms with Gasteiger partial charge in [-0.2, -0.15) is 0 Å². The maximum atomic E-state index is 12.2. The second kappa shape index (κ2) is 8.92. The van der Waals surface area contributed by atoms with Gasteiger partial charge in [-0.25, -0.2) is 0 Å². The normalized spacial score (nSPS) is 14.7. The van der Waals surface area contributed by atoms with E-state index in [1.54, 1.807) is 11.0 Å². The molecule has 2 atom stereocenters. The van der Waals surface area contributed by atoms with Gasteiger partial charge in [0.1, 0.15) is 0 Å². The maximum absolute atomic E-state index is 12.2. The first-order chi connectivity index (χ1) is 8.79. The van der Waals surface area contributed by atoms with Gasteiger partial charge in [0, 0.05) is 24.9 Å². The van der Waals surface area contributed by atoms with Crippen LogP contribution in [0.25, 0.3) is 0 Å². The lowest BCUT2D eigenvalue weighted by atomic mass is 9.93. The van der Waals surface area contributed by atoms with E-state index in [2.05, 4.69) is 27.4 Å². The van der Waals surface area contributed by atoms with E-state index >= 15 is 0 Å². The molecule has 3 heteroatoms. The summed E-state index contributed by atoms with van der Waals surface area (Å²) in [5.41, 5.74) is 0.814. The highest BCUT2D eigenvalue weighted by Crippen LogP contribution is 2.18. The van der Waals surface area contributed by atoms with Crippen LogP contribution in [0.15, 0.2) is 24.4 Å². The number of amides is 1. The Kier molecular flexibility index (Phi) is 8.41. The summed E-state index contributed by atoms with van der Waals surface area (Å²) in [4.78, 5) is 16.0. The van der Waals surface area contributed by atoms with Crippen LogP contribution < -0.4 is 0 Å². The smallest absolute Gasteiger partial charge is 0.250 e. The molecule has 0 aromatic heterocycles. The lowest BCUT2D eigenvalue weighted by Gasteiger charge is -2.28. The van der Waals surface area contributed by atoms with Crippen molar-refractivity contribution in [3.63, 3.8) is 0 Å². The summed E-state index contributed by atoms with van der Waals surface area (Å²) < 4.78 is 0. The number of carbonyl (C=O) groups excluding carboxylic acids is 1. The average molecular weight is 266 g/mol. The van der Waals surface area contributed by atoms with Crippen molar-refractivity contribution in [2.45, 2.75) is 34.1 Å². The predicted octanol–water partition coefficient (Wildman–Crippen LogP) is 3.15. The number of carbonyl (C=O) groups is 1.